The number of hydrogen-bond donors (Lipinski definition) is 1. The molecule has 1 aliphatic rings. The average Bonchev–Trinajstić information content (AvgIpc) is 2.96. The minimum atomic E-state index is -0.474. The lowest BCUT2D eigenvalue weighted by Gasteiger charge is -2.11. The highest BCUT2D eigenvalue weighted by atomic mass is 79.9. The van der Waals surface area contributed by atoms with E-state index in [9.17, 15) is 9.59 Å². The van der Waals surface area contributed by atoms with E-state index in [4.69, 9.17) is 16.3 Å². The zero-order valence-corrected chi connectivity index (χ0v) is 17.2. The number of hydrogen-bond acceptors (Lipinski definition) is 3. The molecule has 0 fully saturated rings. The Balaban J connectivity index is 1.78. The van der Waals surface area contributed by atoms with Crippen LogP contribution in [-0.2, 0) is 27.2 Å². The molecule has 0 spiro atoms. The van der Waals surface area contributed by atoms with Crippen LogP contribution < -0.4 is 5.32 Å². The van der Waals surface area contributed by atoms with Crippen molar-refractivity contribution in [2.24, 2.45) is 0 Å². The van der Waals surface area contributed by atoms with E-state index in [1.807, 2.05) is 36.4 Å². The van der Waals surface area contributed by atoms with Crippen LogP contribution in [0.4, 0.5) is 0 Å². The molecule has 1 aliphatic carbocycles. The van der Waals surface area contributed by atoms with Crippen molar-refractivity contribution in [3.05, 3.63) is 74.2 Å². The van der Waals surface area contributed by atoms with E-state index in [-0.39, 0.29) is 12.5 Å². The predicted molar refractivity (Wildman–Crippen MR) is 109 cm³/mol. The number of nitrogens with one attached hydrogen (secondary N) is 1. The fraction of sp³-hybridized carbons (Fsp3) is 0.238. The molecule has 0 unspecified atom stereocenters. The van der Waals surface area contributed by atoms with Crippen molar-refractivity contribution in [1.29, 1.82) is 0 Å². The Bertz CT molecular complexity index is 906. The summed E-state index contributed by atoms with van der Waals surface area (Å²) in [5, 5.41) is 3.65. The van der Waals surface area contributed by atoms with Gasteiger partial charge in [-0.2, -0.15) is 0 Å². The van der Waals surface area contributed by atoms with Gasteiger partial charge in [0.15, 0.2) is 6.61 Å². The summed E-state index contributed by atoms with van der Waals surface area (Å²) in [6.45, 7) is 1.00. The Labute approximate surface area is 171 Å². The monoisotopic (exact) mass is 447 g/mol. The number of carbonyl (C=O) groups is 2. The highest BCUT2D eigenvalue weighted by Crippen LogP contribution is 2.35. The summed E-state index contributed by atoms with van der Waals surface area (Å²) >= 11 is 9.45. The fourth-order valence-electron chi connectivity index (χ4n) is 3.12. The van der Waals surface area contributed by atoms with Crippen LogP contribution in [0.25, 0.3) is 5.70 Å². The summed E-state index contributed by atoms with van der Waals surface area (Å²) in [5.41, 5.74) is 5.35. The largest absolute Gasteiger partial charge is 0.456 e. The molecule has 2 aromatic carbocycles. The van der Waals surface area contributed by atoms with E-state index in [0.717, 1.165) is 45.6 Å². The summed E-state index contributed by atoms with van der Waals surface area (Å²) < 4.78 is 5.81. The SMILES string of the molecule is CC(=O)OCC(=O)NC1=C(CCc2ccc(Cl)cc2)Cc2cc(Br)ccc21. The van der Waals surface area contributed by atoms with Crippen molar-refractivity contribution < 1.29 is 14.3 Å². The molecule has 1 amide bonds. The number of amides is 1. The summed E-state index contributed by atoms with van der Waals surface area (Å²) in [4.78, 5) is 23.1. The van der Waals surface area contributed by atoms with Crippen LogP contribution in [0.2, 0.25) is 5.02 Å². The normalized spacial score (nSPS) is 12.7. The van der Waals surface area contributed by atoms with Gasteiger partial charge in [-0.05, 0) is 60.2 Å². The van der Waals surface area contributed by atoms with E-state index in [1.165, 1.54) is 18.1 Å². The molecule has 0 heterocycles. The van der Waals surface area contributed by atoms with E-state index in [0.29, 0.717) is 0 Å². The number of allylic oxidation sites excluding steroid dienone is 1. The van der Waals surface area contributed by atoms with Crippen molar-refractivity contribution in [2.45, 2.75) is 26.2 Å². The average molecular weight is 449 g/mol. The van der Waals surface area contributed by atoms with Crippen LogP contribution in [-0.4, -0.2) is 18.5 Å². The zero-order valence-electron chi connectivity index (χ0n) is 14.9. The maximum Gasteiger partial charge on any atom is 0.303 e. The topological polar surface area (TPSA) is 55.4 Å². The summed E-state index contributed by atoms with van der Waals surface area (Å²) in [6, 6.07) is 13.8. The first kappa shape index (κ1) is 19.6. The maximum absolute atomic E-state index is 12.2. The Hall–Kier alpha value is -2.11. The van der Waals surface area contributed by atoms with Crippen molar-refractivity contribution in [2.75, 3.05) is 6.61 Å². The number of rotatable bonds is 6. The molecular weight excluding hydrogens is 430 g/mol. The first-order valence-electron chi connectivity index (χ1n) is 8.61. The molecule has 0 bridgehead atoms. The number of carbonyl (C=O) groups excluding carboxylic acids is 2. The summed E-state index contributed by atoms with van der Waals surface area (Å²) in [6.07, 6.45) is 2.45. The second kappa shape index (κ2) is 8.72. The lowest BCUT2D eigenvalue weighted by atomic mass is 10.0. The van der Waals surface area contributed by atoms with Crippen LogP contribution in [0.1, 0.15) is 30.0 Å². The molecule has 27 heavy (non-hydrogen) atoms. The molecule has 2 aromatic rings. The molecular formula is C21H19BrClNO3. The fourth-order valence-corrected chi connectivity index (χ4v) is 3.65. The van der Waals surface area contributed by atoms with E-state index >= 15 is 0 Å². The standard InChI is InChI=1S/C21H19BrClNO3/c1-13(25)27-12-20(26)24-21-15(5-2-14-3-7-18(23)8-4-14)10-16-11-17(22)6-9-19(16)21/h3-4,6-9,11H,2,5,10,12H2,1H3,(H,24,26). The van der Waals surface area contributed by atoms with Gasteiger partial charge in [-0.1, -0.05) is 45.7 Å². The number of ether oxygens (including phenoxy) is 1. The molecule has 6 heteroatoms. The number of halogens is 2. The van der Waals surface area contributed by atoms with Gasteiger partial charge in [0.1, 0.15) is 0 Å². The van der Waals surface area contributed by atoms with Gasteiger partial charge >= 0.3 is 5.97 Å². The molecule has 0 saturated carbocycles. The van der Waals surface area contributed by atoms with Crippen LogP contribution in [0, 0.1) is 0 Å². The Morgan fingerprint density at radius 3 is 2.59 bits per heavy atom. The predicted octanol–water partition coefficient (Wildman–Crippen LogP) is 4.68. The van der Waals surface area contributed by atoms with Crippen LogP contribution in [0.5, 0.6) is 0 Å². The molecule has 0 atom stereocenters. The second-order valence-corrected chi connectivity index (χ2v) is 7.76. The highest BCUT2D eigenvalue weighted by Gasteiger charge is 2.23. The van der Waals surface area contributed by atoms with Crippen molar-refractivity contribution in [3.8, 4) is 0 Å². The molecule has 1 N–H and O–H groups in total. The molecule has 0 saturated heterocycles. The number of esters is 1. The van der Waals surface area contributed by atoms with Crippen molar-refractivity contribution in [3.63, 3.8) is 0 Å². The first-order chi connectivity index (χ1) is 12.9. The van der Waals surface area contributed by atoms with Crippen LogP contribution in [0.3, 0.4) is 0 Å². The highest BCUT2D eigenvalue weighted by molar-refractivity contribution is 9.10. The van der Waals surface area contributed by atoms with Gasteiger partial charge in [0.05, 0.1) is 0 Å². The molecule has 140 valence electrons. The number of benzene rings is 2. The molecule has 0 aliphatic heterocycles. The van der Waals surface area contributed by atoms with E-state index < -0.39 is 5.97 Å². The molecule has 3 rings (SSSR count). The van der Waals surface area contributed by atoms with E-state index in [2.05, 4.69) is 27.3 Å². The first-order valence-corrected chi connectivity index (χ1v) is 9.78. The van der Waals surface area contributed by atoms with Gasteiger partial charge in [-0.25, -0.2) is 0 Å². The van der Waals surface area contributed by atoms with Crippen LogP contribution >= 0.6 is 27.5 Å². The van der Waals surface area contributed by atoms with Gasteiger partial charge in [0.25, 0.3) is 5.91 Å². The Kier molecular flexibility index (Phi) is 6.34. The molecule has 0 radical (unpaired) electrons. The molecule has 0 aromatic heterocycles. The van der Waals surface area contributed by atoms with Crippen LogP contribution in [0.15, 0.2) is 52.5 Å². The third-order valence-electron chi connectivity index (χ3n) is 4.39. The van der Waals surface area contributed by atoms with Gasteiger partial charge in [0, 0.05) is 27.7 Å². The zero-order chi connectivity index (χ0) is 19.4. The maximum atomic E-state index is 12.2. The van der Waals surface area contributed by atoms with Gasteiger partial charge in [0.2, 0.25) is 0 Å². The Morgan fingerprint density at radius 2 is 1.89 bits per heavy atom. The third-order valence-corrected chi connectivity index (χ3v) is 5.14. The lowest BCUT2D eigenvalue weighted by Crippen LogP contribution is -2.27. The second-order valence-electron chi connectivity index (χ2n) is 6.41. The summed E-state index contributed by atoms with van der Waals surface area (Å²) in [5.74, 6) is -0.808. The van der Waals surface area contributed by atoms with Crippen molar-refractivity contribution >= 4 is 45.1 Å². The van der Waals surface area contributed by atoms with Gasteiger partial charge < -0.3 is 10.1 Å². The number of aryl methyl sites for hydroxylation is 1. The van der Waals surface area contributed by atoms with Crippen molar-refractivity contribution in [1.82, 2.24) is 5.32 Å². The minimum absolute atomic E-state index is 0.283. The lowest BCUT2D eigenvalue weighted by molar-refractivity contribution is -0.146. The molecule has 4 nitrogen and oxygen atoms in total. The van der Waals surface area contributed by atoms with Gasteiger partial charge in [-0.15, -0.1) is 0 Å². The summed E-state index contributed by atoms with van der Waals surface area (Å²) in [7, 11) is 0. The van der Waals surface area contributed by atoms with Gasteiger partial charge in [-0.3, -0.25) is 9.59 Å². The minimum Gasteiger partial charge on any atom is -0.456 e. The quantitative estimate of drug-likeness (QED) is 0.653. The third kappa shape index (κ3) is 5.21. The number of fused-ring (bicyclic) bond motifs is 1. The Morgan fingerprint density at radius 1 is 1.15 bits per heavy atom. The smallest absolute Gasteiger partial charge is 0.303 e. The van der Waals surface area contributed by atoms with E-state index in [1.54, 1.807) is 0 Å².